The van der Waals surface area contributed by atoms with E-state index in [9.17, 15) is 13.6 Å². The zero-order valence-corrected chi connectivity index (χ0v) is 12.3. The molecule has 1 aromatic carbocycles. The van der Waals surface area contributed by atoms with Gasteiger partial charge in [-0.05, 0) is 31.4 Å². The summed E-state index contributed by atoms with van der Waals surface area (Å²) < 4.78 is 34.2. The molecule has 1 N–H and O–H groups in total. The summed E-state index contributed by atoms with van der Waals surface area (Å²) in [5.41, 5.74) is 0.578. The van der Waals surface area contributed by atoms with Crippen LogP contribution in [0.15, 0.2) is 23.2 Å². The lowest BCUT2D eigenvalue weighted by Gasteiger charge is -2.13. The second-order valence-corrected chi connectivity index (χ2v) is 4.49. The van der Waals surface area contributed by atoms with Crippen molar-refractivity contribution >= 4 is 22.8 Å². The van der Waals surface area contributed by atoms with Gasteiger partial charge in [0.15, 0.2) is 11.5 Å². The Morgan fingerprint density at radius 1 is 1.43 bits per heavy atom. The van der Waals surface area contributed by atoms with E-state index in [1.54, 1.807) is 13.2 Å². The first-order valence-electron chi connectivity index (χ1n) is 6.00. The Morgan fingerprint density at radius 3 is 2.67 bits per heavy atom. The van der Waals surface area contributed by atoms with Gasteiger partial charge in [-0.15, -0.1) is 11.8 Å². The van der Waals surface area contributed by atoms with Crippen molar-refractivity contribution in [3.63, 3.8) is 0 Å². The third kappa shape index (κ3) is 5.58. The minimum atomic E-state index is -2.95. The van der Waals surface area contributed by atoms with Crippen LogP contribution >= 0.6 is 11.8 Å². The van der Waals surface area contributed by atoms with E-state index in [2.05, 4.69) is 9.73 Å². The fourth-order valence-electron chi connectivity index (χ4n) is 1.52. The van der Waals surface area contributed by atoms with Crippen LogP contribution in [0, 0.1) is 0 Å². The summed E-state index contributed by atoms with van der Waals surface area (Å²) in [6, 6.07) is 4.37. The number of aliphatic carboxylic acids is 1. The van der Waals surface area contributed by atoms with Crippen molar-refractivity contribution in [1.29, 1.82) is 0 Å². The Bertz CT molecular complexity index is 523. The number of benzene rings is 1. The van der Waals surface area contributed by atoms with Gasteiger partial charge in [0.05, 0.1) is 11.7 Å². The largest absolute Gasteiger partial charge is 0.490 e. The third-order valence-electron chi connectivity index (χ3n) is 2.26. The average Bonchev–Trinajstić information content (AvgIpc) is 2.41. The van der Waals surface area contributed by atoms with Gasteiger partial charge in [0, 0.05) is 5.56 Å². The molecule has 0 atom stereocenters. The van der Waals surface area contributed by atoms with E-state index in [1.165, 1.54) is 30.0 Å². The number of carboxylic acid groups (broad SMARTS) is 1. The maximum Gasteiger partial charge on any atom is 0.387 e. The van der Waals surface area contributed by atoms with E-state index in [1.807, 2.05) is 0 Å². The number of halogens is 2. The first kappa shape index (κ1) is 17.2. The van der Waals surface area contributed by atoms with Crippen molar-refractivity contribution in [2.45, 2.75) is 13.5 Å². The molecular formula is C13H15F2NO4S. The molecule has 8 heteroatoms. The molecule has 0 spiro atoms. The molecule has 0 unspecified atom stereocenters. The smallest absolute Gasteiger partial charge is 0.387 e. The van der Waals surface area contributed by atoms with Gasteiger partial charge < -0.3 is 14.6 Å². The molecule has 0 aromatic heterocycles. The summed E-state index contributed by atoms with van der Waals surface area (Å²) >= 11 is 1.25. The van der Waals surface area contributed by atoms with Crippen LogP contribution in [0.2, 0.25) is 0 Å². The molecule has 5 nitrogen and oxygen atoms in total. The van der Waals surface area contributed by atoms with Gasteiger partial charge in [0.1, 0.15) is 6.54 Å². The summed E-state index contributed by atoms with van der Waals surface area (Å²) in [7, 11) is 0. The summed E-state index contributed by atoms with van der Waals surface area (Å²) in [6.07, 6.45) is 1.74. The number of ether oxygens (including phenoxy) is 2. The molecule has 21 heavy (non-hydrogen) atoms. The van der Waals surface area contributed by atoms with E-state index in [0.717, 1.165) is 0 Å². The molecular weight excluding hydrogens is 304 g/mol. The van der Waals surface area contributed by atoms with E-state index in [-0.39, 0.29) is 24.7 Å². The van der Waals surface area contributed by atoms with Gasteiger partial charge in [-0.1, -0.05) is 0 Å². The highest BCUT2D eigenvalue weighted by molar-refractivity contribution is 8.13. The van der Waals surface area contributed by atoms with Crippen molar-refractivity contribution in [1.82, 2.24) is 0 Å². The fraction of sp³-hybridized carbons (Fsp3) is 0.385. The van der Waals surface area contributed by atoms with Gasteiger partial charge in [0.2, 0.25) is 0 Å². The number of rotatable bonds is 7. The highest BCUT2D eigenvalue weighted by Gasteiger charge is 2.13. The molecule has 0 saturated heterocycles. The monoisotopic (exact) mass is 319 g/mol. The van der Waals surface area contributed by atoms with Crippen LogP contribution in [-0.4, -0.2) is 42.1 Å². The molecule has 1 aromatic rings. The first-order valence-corrected chi connectivity index (χ1v) is 7.22. The van der Waals surface area contributed by atoms with E-state index >= 15 is 0 Å². The van der Waals surface area contributed by atoms with Crippen LogP contribution in [0.3, 0.4) is 0 Å². The third-order valence-corrected chi connectivity index (χ3v) is 3.01. The zero-order valence-electron chi connectivity index (χ0n) is 11.5. The Balaban J connectivity index is 3.10. The Labute approximate surface area is 125 Å². The van der Waals surface area contributed by atoms with Gasteiger partial charge in [-0.25, -0.2) is 0 Å². The maximum absolute atomic E-state index is 12.3. The number of alkyl halides is 2. The van der Waals surface area contributed by atoms with Crippen molar-refractivity contribution < 1.29 is 28.2 Å². The number of aliphatic imine (C=N–C) groups is 1. The molecule has 116 valence electrons. The Hall–Kier alpha value is -1.83. The molecule has 0 saturated carbocycles. The quantitative estimate of drug-likeness (QED) is 0.618. The number of hydrogen-bond donors (Lipinski definition) is 1. The SMILES string of the molecule is CCOc1cc(C(=NCC(=O)O)SC)ccc1OC(F)F. The zero-order chi connectivity index (χ0) is 15.8. The van der Waals surface area contributed by atoms with E-state index in [0.29, 0.717) is 10.6 Å². The summed E-state index contributed by atoms with van der Waals surface area (Å²) in [5.74, 6) is -0.967. The second-order valence-electron chi connectivity index (χ2n) is 3.69. The lowest BCUT2D eigenvalue weighted by molar-refractivity contribution is -0.135. The lowest BCUT2D eigenvalue weighted by atomic mass is 10.2. The Kier molecular flexibility index (Phi) is 6.93. The van der Waals surface area contributed by atoms with Gasteiger partial charge >= 0.3 is 12.6 Å². The van der Waals surface area contributed by atoms with Gasteiger partial charge in [-0.2, -0.15) is 8.78 Å². The van der Waals surface area contributed by atoms with E-state index in [4.69, 9.17) is 9.84 Å². The fourth-order valence-corrected chi connectivity index (χ4v) is 2.07. The Morgan fingerprint density at radius 2 is 2.14 bits per heavy atom. The molecule has 0 heterocycles. The minimum Gasteiger partial charge on any atom is -0.490 e. The highest BCUT2D eigenvalue weighted by Crippen LogP contribution is 2.31. The number of thioether (sulfide) groups is 1. The number of hydrogen-bond acceptors (Lipinski definition) is 5. The van der Waals surface area contributed by atoms with Gasteiger partial charge in [0.25, 0.3) is 0 Å². The standard InChI is InChI=1S/C13H15F2NO4S/c1-3-19-10-6-8(4-5-9(10)20-13(14)15)12(21-2)16-7-11(17)18/h4-6,13H,3,7H2,1-2H3,(H,17,18). The van der Waals surface area contributed by atoms with Crippen LogP contribution in [-0.2, 0) is 4.79 Å². The molecule has 0 fully saturated rings. The van der Waals surface area contributed by atoms with Crippen LogP contribution < -0.4 is 9.47 Å². The minimum absolute atomic E-state index is 0.0747. The molecule has 0 bridgehead atoms. The second kappa shape index (κ2) is 8.46. The molecule has 0 aliphatic rings. The summed E-state index contributed by atoms with van der Waals surface area (Å²) in [6.45, 7) is -1.32. The normalized spacial score (nSPS) is 11.6. The topological polar surface area (TPSA) is 68.1 Å². The summed E-state index contributed by atoms with van der Waals surface area (Å²) in [5, 5.41) is 9.12. The lowest BCUT2D eigenvalue weighted by Crippen LogP contribution is -2.07. The molecule has 0 aliphatic carbocycles. The molecule has 1 rings (SSSR count). The van der Waals surface area contributed by atoms with Crippen molar-refractivity contribution in [3.8, 4) is 11.5 Å². The number of carbonyl (C=O) groups is 1. The average molecular weight is 319 g/mol. The van der Waals surface area contributed by atoms with Crippen molar-refractivity contribution in [3.05, 3.63) is 23.8 Å². The number of nitrogens with zero attached hydrogens (tertiary/aromatic N) is 1. The number of carboxylic acids is 1. The van der Waals surface area contributed by atoms with E-state index < -0.39 is 12.6 Å². The highest BCUT2D eigenvalue weighted by atomic mass is 32.2. The van der Waals surface area contributed by atoms with Crippen LogP contribution in [0.4, 0.5) is 8.78 Å². The molecule has 0 amide bonds. The summed E-state index contributed by atoms with van der Waals surface area (Å²) in [4.78, 5) is 14.5. The van der Waals surface area contributed by atoms with Crippen LogP contribution in [0.5, 0.6) is 11.5 Å². The van der Waals surface area contributed by atoms with Crippen molar-refractivity contribution in [2.75, 3.05) is 19.4 Å². The van der Waals surface area contributed by atoms with Gasteiger partial charge in [-0.3, -0.25) is 9.79 Å². The molecule has 0 aliphatic heterocycles. The first-order chi connectivity index (χ1) is 9.97. The predicted octanol–water partition coefficient (Wildman–Crippen LogP) is 2.88. The van der Waals surface area contributed by atoms with Crippen molar-refractivity contribution in [2.24, 2.45) is 4.99 Å². The van der Waals surface area contributed by atoms with Crippen LogP contribution in [0.25, 0.3) is 0 Å². The molecule has 0 radical (unpaired) electrons. The predicted molar refractivity (Wildman–Crippen MR) is 76.8 cm³/mol. The van der Waals surface area contributed by atoms with Crippen LogP contribution in [0.1, 0.15) is 12.5 Å². The maximum atomic E-state index is 12.3.